The number of aromatic amines is 1. The van der Waals surface area contributed by atoms with Crippen molar-refractivity contribution in [3.63, 3.8) is 0 Å². The van der Waals surface area contributed by atoms with Crippen LogP contribution in [0.5, 0.6) is 0 Å². The first kappa shape index (κ1) is 16.5. The van der Waals surface area contributed by atoms with Gasteiger partial charge in [0.15, 0.2) is 5.82 Å². The summed E-state index contributed by atoms with van der Waals surface area (Å²) in [5.41, 5.74) is 13.4. The largest absolute Gasteiger partial charge is 0.399 e. The molecule has 3 rings (SSSR count). The van der Waals surface area contributed by atoms with Crippen molar-refractivity contribution in [2.24, 2.45) is 10.7 Å². The number of benzene rings is 2. The van der Waals surface area contributed by atoms with Crippen LogP contribution >= 0.6 is 11.6 Å². The van der Waals surface area contributed by atoms with Gasteiger partial charge in [-0.15, -0.1) is 0 Å². The van der Waals surface area contributed by atoms with E-state index in [1.807, 2.05) is 12.1 Å². The molecule has 126 valence electrons. The molecule has 0 aliphatic carbocycles. The van der Waals surface area contributed by atoms with E-state index < -0.39 is 5.91 Å². The maximum Gasteiger partial charge on any atom is 0.256 e. The number of nitrogens with two attached hydrogens (primary N) is 2. The number of H-pyrrole nitrogens is 1. The molecule has 25 heavy (non-hydrogen) atoms. The van der Waals surface area contributed by atoms with Crippen molar-refractivity contribution in [1.82, 2.24) is 10.2 Å². The Morgan fingerprint density at radius 3 is 2.76 bits per heavy atom. The van der Waals surface area contributed by atoms with Crippen LogP contribution in [0.1, 0.15) is 15.9 Å². The van der Waals surface area contributed by atoms with Crippen LogP contribution in [-0.2, 0) is 0 Å². The second-order valence-corrected chi connectivity index (χ2v) is 5.66. The number of hydrogen-bond donors (Lipinski definition) is 4. The summed E-state index contributed by atoms with van der Waals surface area (Å²) < 4.78 is 0. The average molecular weight is 355 g/mol. The number of rotatable bonds is 5. The number of amides is 1. The maximum atomic E-state index is 11.8. The van der Waals surface area contributed by atoms with E-state index in [2.05, 4.69) is 20.5 Å². The number of aromatic nitrogens is 2. The van der Waals surface area contributed by atoms with Gasteiger partial charge in [-0.3, -0.25) is 9.89 Å². The predicted molar refractivity (Wildman–Crippen MR) is 99.9 cm³/mol. The molecule has 0 aliphatic heterocycles. The Bertz CT molecular complexity index is 950. The van der Waals surface area contributed by atoms with Crippen LogP contribution in [-0.4, -0.2) is 22.3 Å². The number of anilines is 3. The second kappa shape index (κ2) is 7.06. The quantitative estimate of drug-likeness (QED) is 0.415. The third-order valence-corrected chi connectivity index (χ3v) is 3.57. The number of halogens is 1. The number of nitrogens with one attached hydrogen (secondary N) is 2. The number of carbonyl (C=O) groups is 1. The summed E-state index contributed by atoms with van der Waals surface area (Å²) in [7, 11) is 0. The van der Waals surface area contributed by atoms with Crippen molar-refractivity contribution in [2.45, 2.75) is 0 Å². The van der Waals surface area contributed by atoms with Crippen molar-refractivity contribution in [3.8, 4) is 0 Å². The molecule has 8 heteroatoms. The standard InChI is InChI=1S/C17H15ClN6O/c18-11-4-2-6-13(8-11)22-17-14(15(20)25)16(23-24-17)21-9-10-3-1-5-12(19)7-10/h1-9H,19H2,(H2,20,25)(H2,22,23,24). The molecular weight excluding hydrogens is 340 g/mol. The molecule has 1 aromatic heterocycles. The minimum atomic E-state index is -0.655. The van der Waals surface area contributed by atoms with Crippen molar-refractivity contribution in [3.05, 3.63) is 64.7 Å². The molecule has 1 heterocycles. The number of primary amides is 1. The van der Waals surface area contributed by atoms with Crippen LogP contribution in [0.3, 0.4) is 0 Å². The van der Waals surface area contributed by atoms with Crippen LogP contribution in [0.25, 0.3) is 0 Å². The van der Waals surface area contributed by atoms with Gasteiger partial charge in [-0.05, 0) is 35.9 Å². The molecule has 7 nitrogen and oxygen atoms in total. The van der Waals surface area contributed by atoms with Gasteiger partial charge in [0, 0.05) is 22.6 Å². The molecular formula is C17H15ClN6O. The second-order valence-electron chi connectivity index (χ2n) is 5.23. The zero-order valence-electron chi connectivity index (χ0n) is 13.0. The number of nitrogen functional groups attached to an aromatic ring is 1. The first-order chi connectivity index (χ1) is 12.0. The van der Waals surface area contributed by atoms with E-state index in [0.29, 0.717) is 22.2 Å². The summed E-state index contributed by atoms with van der Waals surface area (Å²) in [6.45, 7) is 0. The van der Waals surface area contributed by atoms with Gasteiger partial charge >= 0.3 is 0 Å². The minimum absolute atomic E-state index is 0.153. The third-order valence-electron chi connectivity index (χ3n) is 3.33. The van der Waals surface area contributed by atoms with Gasteiger partial charge in [0.25, 0.3) is 5.91 Å². The molecule has 0 radical (unpaired) electrons. The van der Waals surface area contributed by atoms with E-state index in [-0.39, 0.29) is 11.4 Å². The fraction of sp³-hybridized carbons (Fsp3) is 0. The summed E-state index contributed by atoms with van der Waals surface area (Å²) in [6, 6.07) is 14.2. The lowest BCUT2D eigenvalue weighted by Gasteiger charge is -2.05. The first-order valence-electron chi connectivity index (χ1n) is 7.33. The summed E-state index contributed by atoms with van der Waals surface area (Å²) in [5.74, 6) is -0.132. The van der Waals surface area contributed by atoms with Gasteiger partial charge in [-0.25, -0.2) is 4.99 Å². The number of nitrogens with zero attached hydrogens (tertiary/aromatic N) is 2. The number of aliphatic imine (C=N–C) groups is 1. The van der Waals surface area contributed by atoms with Crippen LogP contribution in [0.2, 0.25) is 5.02 Å². The van der Waals surface area contributed by atoms with Gasteiger partial charge in [0.1, 0.15) is 11.4 Å². The molecule has 6 N–H and O–H groups in total. The van der Waals surface area contributed by atoms with E-state index >= 15 is 0 Å². The van der Waals surface area contributed by atoms with Crippen LogP contribution in [0, 0.1) is 0 Å². The van der Waals surface area contributed by atoms with Crippen molar-refractivity contribution in [2.75, 3.05) is 11.1 Å². The lowest BCUT2D eigenvalue weighted by Crippen LogP contribution is -2.12. The lowest BCUT2D eigenvalue weighted by atomic mass is 10.2. The summed E-state index contributed by atoms with van der Waals surface area (Å²) in [4.78, 5) is 16.1. The van der Waals surface area contributed by atoms with Gasteiger partial charge in [-0.1, -0.05) is 29.8 Å². The Morgan fingerprint density at radius 1 is 1.24 bits per heavy atom. The van der Waals surface area contributed by atoms with Crippen molar-refractivity contribution < 1.29 is 4.79 Å². The molecule has 1 amide bonds. The van der Waals surface area contributed by atoms with E-state index in [4.69, 9.17) is 23.1 Å². The lowest BCUT2D eigenvalue weighted by molar-refractivity contribution is 0.100. The van der Waals surface area contributed by atoms with Crippen molar-refractivity contribution in [1.29, 1.82) is 0 Å². The molecule has 0 aliphatic rings. The fourth-order valence-corrected chi connectivity index (χ4v) is 2.43. The zero-order valence-corrected chi connectivity index (χ0v) is 13.8. The first-order valence-corrected chi connectivity index (χ1v) is 7.71. The van der Waals surface area contributed by atoms with Crippen molar-refractivity contribution >= 4 is 46.7 Å². The topological polar surface area (TPSA) is 122 Å². The number of hydrogen-bond acceptors (Lipinski definition) is 5. The summed E-state index contributed by atoms with van der Waals surface area (Å²) in [5, 5.41) is 10.4. The van der Waals surface area contributed by atoms with E-state index in [1.165, 1.54) is 0 Å². The Kier molecular flexibility index (Phi) is 4.67. The smallest absolute Gasteiger partial charge is 0.256 e. The van der Waals surface area contributed by atoms with E-state index in [9.17, 15) is 4.79 Å². The zero-order chi connectivity index (χ0) is 17.8. The van der Waals surface area contributed by atoms with Crippen LogP contribution in [0.15, 0.2) is 53.5 Å². The molecule has 0 saturated heterocycles. The van der Waals surface area contributed by atoms with Crippen LogP contribution in [0.4, 0.5) is 23.0 Å². The predicted octanol–water partition coefficient (Wildman–Crippen LogP) is 3.24. The molecule has 2 aromatic carbocycles. The van der Waals surface area contributed by atoms with Gasteiger partial charge in [0.2, 0.25) is 0 Å². The molecule has 0 saturated carbocycles. The Hall–Kier alpha value is -3.32. The van der Waals surface area contributed by atoms with Gasteiger partial charge < -0.3 is 16.8 Å². The highest BCUT2D eigenvalue weighted by atomic mass is 35.5. The molecule has 0 spiro atoms. The fourth-order valence-electron chi connectivity index (χ4n) is 2.24. The molecule has 3 aromatic rings. The number of carbonyl (C=O) groups excluding carboxylic acids is 1. The molecule has 0 atom stereocenters. The van der Waals surface area contributed by atoms with E-state index in [0.717, 1.165) is 5.56 Å². The highest BCUT2D eigenvalue weighted by Gasteiger charge is 2.18. The maximum absolute atomic E-state index is 11.8. The highest BCUT2D eigenvalue weighted by molar-refractivity contribution is 6.30. The summed E-state index contributed by atoms with van der Waals surface area (Å²) in [6.07, 6.45) is 1.56. The van der Waals surface area contributed by atoms with Gasteiger partial charge in [0.05, 0.1) is 0 Å². The monoisotopic (exact) mass is 354 g/mol. The molecule has 0 unspecified atom stereocenters. The molecule has 0 fully saturated rings. The molecule has 0 bridgehead atoms. The Labute approximate surface area is 148 Å². The minimum Gasteiger partial charge on any atom is -0.399 e. The average Bonchev–Trinajstić information content (AvgIpc) is 2.96. The van der Waals surface area contributed by atoms with Crippen LogP contribution < -0.4 is 16.8 Å². The Balaban J connectivity index is 1.91. The Morgan fingerprint density at radius 2 is 2.04 bits per heavy atom. The SMILES string of the molecule is NC(=O)c1c(N=Cc2cccc(N)c2)n[nH]c1Nc1cccc(Cl)c1. The summed E-state index contributed by atoms with van der Waals surface area (Å²) >= 11 is 5.96. The van der Waals surface area contributed by atoms with Gasteiger partial charge in [-0.2, -0.15) is 5.10 Å². The van der Waals surface area contributed by atoms with E-state index in [1.54, 1.807) is 42.6 Å². The highest BCUT2D eigenvalue weighted by Crippen LogP contribution is 2.27. The normalized spacial score (nSPS) is 10.9. The third kappa shape index (κ3) is 3.96.